The number of hydrogen-bond donors (Lipinski definition) is 0. The van der Waals surface area contributed by atoms with Crippen LogP contribution in [0.1, 0.15) is 87.0 Å². The number of pyridine rings is 2. The quantitative estimate of drug-likeness (QED) is 0.146. The molecule has 0 aliphatic carbocycles. The molecule has 2 aromatic carbocycles. The lowest BCUT2D eigenvalue weighted by Gasteiger charge is -2.32. The highest BCUT2D eigenvalue weighted by atomic mass is 79.9. The van der Waals surface area contributed by atoms with E-state index in [0.717, 1.165) is 20.7 Å². The summed E-state index contributed by atoms with van der Waals surface area (Å²) in [4.78, 5) is 9.17. The summed E-state index contributed by atoms with van der Waals surface area (Å²) in [5.41, 5.74) is 2.03. The molecule has 14 heteroatoms. The number of aromatic nitrogens is 4. The van der Waals surface area contributed by atoms with Crippen LogP contribution in [0.15, 0.2) is 112 Å². The van der Waals surface area contributed by atoms with E-state index < -0.39 is 38.4 Å². The van der Waals surface area contributed by atoms with Crippen molar-refractivity contribution in [1.29, 1.82) is 0 Å². The summed E-state index contributed by atoms with van der Waals surface area (Å²) in [7, 11) is -8.02. The first-order valence-electron chi connectivity index (χ1n) is 27.2. The molecule has 0 N–H and O–H groups in total. The van der Waals surface area contributed by atoms with Gasteiger partial charge in [-0.1, -0.05) is 50.2 Å². The second-order valence-corrected chi connectivity index (χ2v) is 17.3. The van der Waals surface area contributed by atoms with E-state index in [2.05, 4.69) is 25.9 Å². The SMILES string of the molecule is CCc1cc2c(B3OC(C)(C)C(C)(C)O3)ccnc2n1S(=O)(=O)c1ccccc1.CCc1cc2c(Br)ccnc2n1S(=O)(=O)c1ccccc1.[2HH].[2H][2H].[2H][2H].[2H][2H].[2H][2H].[2H][2H].[2H][2H].[2H][2H].[2H][2H].[2H][2H].[2H][2H].[2H][2H]. The van der Waals surface area contributed by atoms with Crippen LogP contribution in [0.5, 0.6) is 0 Å². The standard InChI is InChI=1S/C21H25BN2O4S.C15H13BrN2O2S.12H2/c1-6-15-14-17-18(22-27-20(2,3)21(4,5)28-22)12-13-23-19(17)24(15)29(25,26)16-10-8-7-9-11-16;1-2-11-10-13-14(16)8-9-17-15(13)18(11)21(19,20)12-6-4-3-5-7-12;;;;;;;;;;;;/h7-14H,6H2,1-5H3;3-10H,2H2,1H3;12*1H/i;;11*1+1D;1+1. The first-order chi connectivity index (χ1) is 34.6. The van der Waals surface area contributed by atoms with Crippen molar-refractivity contribution < 1.29 is 60.2 Å². The first-order valence-corrected chi connectivity index (χ1v) is 19.9. The van der Waals surface area contributed by atoms with Crippen LogP contribution in [0.3, 0.4) is 0 Å². The van der Waals surface area contributed by atoms with Gasteiger partial charge in [-0.2, -0.15) is 0 Å². The van der Waals surface area contributed by atoms with Crippen LogP contribution in [0.25, 0.3) is 22.1 Å². The van der Waals surface area contributed by atoms with Crippen molar-refractivity contribution in [3.05, 3.63) is 113 Å². The molecule has 0 bridgehead atoms. The van der Waals surface area contributed by atoms with Crippen molar-refractivity contribution in [2.45, 2.75) is 75.4 Å². The van der Waals surface area contributed by atoms with Crippen molar-refractivity contribution in [2.75, 3.05) is 0 Å². The molecule has 0 unspecified atom stereocenters. The summed E-state index contributed by atoms with van der Waals surface area (Å²) in [5.74, 6) is 0. The normalized spacial score (nSPS) is 17.5. The molecule has 50 heavy (non-hydrogen) atoms. The summed E-state index contributed by atoms with van der Waals surface area (Å²) in [6.07, 6.45) is 4.36. The molecular weight excluding hydrogens is 739 g/mol. The van der Waals surface area contributed by atoms with E-state index in [1.807, 2.05) is 59.7 Å². The van der Waals surface area contributed by atoms with Gasteiger partial charge in [-0.3, -0.25) is 0 Å². The smallest absolute Gasteiger partial charge is 0.399 e. The lowest BCUT2D eigenvalue weighted by Crippen LogP contribution is -2.41. The Kier molecular flexibility index (Phi) is 6.53. The maximum absolute atomic E-state index is 13.4. The second-order valence-electron chi connectivity index (χ2n) is 12.9. The minimum Gasteiger partial charge on any atom is -0.399 e. The fraction of sp³-hybridized carbons (Fsp3) is 0.278. The van der Waals surface area contributed by atoms with E-state index in [9.17, 15) is 16.8 Å². The van der Waals surface area contributed by atoms with Gasteiger partial charge < -0.3 is 9.31 Å². The number of halogens is 1. The van der Waals surface area contributed by atoms with Gasteiger partial charge in [0, 0.05) is 73.1 Å². The summed E-state index contributed by atoms with van der Waals surface area (Å²) in [6.45, 7) is 11.8. The van der Waals surface area contributed by atoms with Gasteiger partial charge in [-0.15, -0.1) is 0 Å². The summed E-state index contributed by atoms with van der Waals surface area (Å²) < 4.78 is 179. The number of fused-ring (bicyclic) bond motifs is 2. The van der Waals surface area contributed by atoms with Crippen molar-refractivity contribution in [3.8, 4) is 0 Å². The van der Waals surface area contributed by atoms with Gasteiger partial charge in [-0.25, -0.2) is 34.7 Å². The molecule has 5 heterocycles. The van der Waals surface area contributed by atoms with Crippen molar-refractivity contribution in [3.63, 3.8) is 0 Å². The molecule has 0 amide bonds. The maximum atomic E-state index is 13.4. The first kappa shape index (κ1) is 24.4. The number of aryl methyl sites for hydroxylation is 2. The van der Waals surface area contributed by atoms with E-state index >= 15 is 0 Å². The molecule has 1 aliphatic heterocycles. The molecule has 0 spiro atoms. The lowest BCUT2D eigenvalue weighted by atomic mass is 9.78. The largest absolute Gasteiger partial charge is 0.495 e. The Labute approximate surface area is 337 Å². The summed E-state index contributed by atoms with van der Waals surface area (Å²) >= 11 is 3.45. The Bertz CT molecular complexity index is 2460. The van der Waals surface area contributed by atoms with Gasteiger partial charge >= 0.3 is 7.12 Å². The van der Waals surface area contributed by atoms with Crippen LogP contribution >= 0.6 is 15.9 Å². The zero-order valence-electron chi connectivity index (χ0n) is 50.7. The highest BCUT2D eigenvalue weighted by Crippen LogP contribution is 2.37. The summed E-state index contributed by atoms with van der Waals surface area (Å²) in [6, 6.07) is 24.2. The third-order valence-corrected chi connectivity index (χ3v) is 13.4. The number of benzene rings is 2. The van der Waals surface area contributed by atoms with Crippen LogP contribution in [0, 0.1) is 0 Å². The fourth-order valence-corrected chi connectivity index (χ4v) is 9.40. The zero-order valence-corrected chi connectivity index (χ0v) is 31.9. The van der Waals surface area contributed by atoms with E-state index in [4.69, 9.17) is 42.0 Å². The number of hydrogen-bond acceptors (Lipinski definition) is 8. The van der Waals surface area contributed by atoms with Crippen LogP contribution in [0.4, 0.5) is 0 Å². The van der Waals surface area contributed by atoms with Gasteiger partial charge in [0.15, 0.2) is 11.3 Å². The molecule has 10 nitrogen and oxygen atoms in total. The monoisotopic (exact) mass is 823 g/mol. The Morgan fingerprint density at radius 3 is 1.58 bits per heavy atom. The van der Waals surface area contributed by atoms with E-state index in [1.165, 1.54) is 7.94 Å². The van der Waals surface area contributed by atoms with Crippen molar-refractivity contribution in [1.82, 2.24) is 17.9 Å². The molecule has 0 saturated carbocycles. The third kappa shape index (κ3) is 6.21. The number of nitrogens with zero attached hydrogens (tertiary/aromatic N) is 4. The Balaban J connectivity index is -0.000000175. The van der Waals surface area contributed by atoms with Crippen molar-refractivity contribution in [2.24, 2.45) is 0 Å². The molecular formula is C36H62BBrN4O6S2. The average Bonchev–Trinajstić information content (AvgIpc) is 4.12. The molecule has 4 aromatic heterocycles. The minimum absolute atomic E-state index is 0. The molecule has 1 aliphatic rings. The predicted octanol–water partition coefficient (Wildman–Crippen LogP) is 9.69. The average molecular weight is 825 g/mol. The topological polar surface area (TPSA) is 122 Å². The molecule has 284 valence electrons. The van der Waals surface area contributed by atoms with E-state index in [-0.39, 0.29) is 11.2 Å². The van der Waals surface area contributed by atoms with Gasteiger partial charge in [0.1, 0.15) is 0 Å². The fourth-order valence-electron chi connectivity index (χ4n) is 5.84. The van der Waals surface area contributed by atoms with Gasteiger partial charge in [-0.05, 0) is 110 Å². The Hall–Kier alpha value is -3.82. The molecule has 0 atom stereocenters. The molecule has 1 saturated heterocycles. The zero-order chi connectivity index (χ0) is 58.1. The highest BCUT2D eigenvalue weighted by molar-refractivity contribution is 9.10. The van der Waals surface area contributed by atoms with Crippen LogP contribution in [0.2, 0.25) is 0 Å². The highest BCUT2D eigenvalue weighted by Gasteiger charge is 2.52. The maximum Gasteiger partial charge on any atom is 0.495 e. The third-order valence-electron chi connectivity index (χ3n) is 9.24. The predicted molar refractivity (Wildman–Crippen MR) is 225 cm³/mol. The van der Waals surface area contributed by atoms with Crippen LogP contribution in [-0.2, 0) is 42.2 Å². The lowest BCUT2D eigenvalue weighted by molar-refractivity contribution is 0.00578. The van der Waals surface area contributed by atoms with Gasteiger partial charge in [0.25, 0.3) is 20.0 Å². The molecule has 0 radical (unpaired) electrons. The van der Waals surface area contributed by atoms with Gasteiger partial charge in [0.05, 0.1) is 21.0 Å². The van der Waals surface area contributed by atoms with Gasteiger partial charge in [0.2, 0.25) is 0 Å². The second kappa shape index (κ2) is 13.4. The van der Waals surface area contributed by atoms with Crippen molar-refractivity contribution >= 4 is 70.6 Å². The Morgan fingerprint density at radius 1 is 0.700 bits per heavy atom. The van der Waals surface area contributed by atoms with E-state index in [0.29, 0.717) is 35.5 Å². The number of rotatable bonds is 7. The molecule has 6 aromatic rings. The minimum atomic E-state index is -3.78. The van der Waals surface area contributed by atoms with Crippen LogP contribution < -0.4 is 5.46 Å². The molecule has 7 rings (SSSR count). The summed E-state index contributed by atoms with van der Waals surface area (Å²) in [5, 5.41) is 1.52. The van der Waals surface area contributed by atoms with E-state index in [1.54, 1.807) is 79.1 Å². The molecule has 1 fully saturated rings. The van der Waals surface area contributed by atoms with Crippen LogP contribution in [-0.4, -0.2) is 53.1 Å². The Morgan fingerprint density at radius 2 is 1.12 bits per heavy atom.